The average molecular weight is 550 g/mol. The number of amides is 2. The SMILES string of the molecule is CC(C)(C)OC(=O)Nc1ccc(C#Cc2ccc(F)cc2)cc1NC(=O)CC(=O)c1cccc(-c2ccccn2)c1. The topological polar surface area (TPSA) is 97.4 Å². The Kier molecular flexibility index (Phi) is 8.90. The average Bonchev–Trinajstić information content (AvgIpc) is 2.93. The van der Waals surface area contributed by atoms with E-state index in [1.54, 1.807) is 81.6 Å². The number of nitrogens with zero attached hydrogens (tertiary/aromatic N) is 1. The molecule has 0 saturated carbocycles. The quantitative estimate of drug-likeness (QED) is 0.156. The van der Waals surface area contributed by atoms with Gasteiger partial charge < -0.3 is 10.1 Å². The Morgan fingerprint density at radius 2 is 1.56 bits per heavy atom. The molecule has 0 fully saturated rings. The van der Waals surface area contributed by atoms with Crippen molar-refractivity contribution in [2.75, 3.05) is 10.6 Å². The second kappa shape index (κ2) is 12.7. The number of Topliss-reactive ketones (excluding diaryl/α,β-unsaturated/α-hetero) is 1. The molecule has 0 atom stereocenters. The number of halogens is 1. The van der Waals surface area contributed by atoms with E-state index in [0.29, 0.717) is 22.4 Å². The first-order valence-corrected chi connectivity index (χ1v) is 12.8. The van der Waals surface area contributed by atoms with Crippen molar-refractivity contribution in [3.8, 4) is 23.1 Å². The molecular formula is C33H28FN3O4. The predicted octanol–water partition coefficient (Wildman–Crippen LogP) is 6.85. The van der Waals surface area contributed by atoms with Gasteiger partial charge in [0.1, 0.15) is 11.4 Å². The van der Waals surface area contributed by atoms with Gasteiger partial charge in [-0.2, -0.15) is 0 Å². The molecule has 8 heteroatoms. The summed E-state index contributed by atoms with van der Waals surface area (Å²) in [5.74, 6) is 4.57. The number of ketones is 1. The minimum Gasteiger partial charge on any atom is -0.444 e. The second-order valence-corrected chi connectivity index (χ2v) is 10.1. The fourth-order valence-electron chi connectivity index (χ4n) is 3.75. The minimum absolute atomic E-state index is 0.238. The van der Waals surface area contributed by atoms with Crippen molar-refractivity contribution in [3.63, 3.8) is 0 Å². The van der Waals surface area contributed by atoms with Crippen molar-refractivity contribution in [1.82, 2.24) is 4.98 Å². The number of carbonyl (C=O) groups is 3. The molecule has 0 aliphatic carbocycles. The molecule has 0 aliphatic heterocycles. The number of aromatic nitrogens is 1. The van der Waals surface area contributed by atoms with Crippen LogP contribution < -0.4 is 10.6 Å². The van der Waals surface area contributed by atoms with Crippen LogP contribution in [0.5, 0.6) is 0 Å². The zero-order valence-corrected chi connectivity index (χ0v) is 22.8. The molecular weight excluding hydrogens is 521 g/mol. The summed E-state index contributed by atoms with van der Waals surface area (Å²) in [6.45, 7) is 5.20. The molecule has 1 aromatic heterocycles. The Labute approximate surface area is 237 Å². The number of rotatable bonds is 6. The standard InChI is InChI=1S/C33H28FN3O4/c1-33(2,3)41-32(40)37-28-17-14-23(11-10-22-12-15-26(34)16-13-22)19-29(28)36-31(39)21-30(38)25-8-6-7-24(20-25)27-9-4-5-18-35-27/h4-9,12-20H,21H2,1-3H3,(H,36,39)(H,37,40). The molecule has 41 heavy (non-hydrogen) atoms. The predicted molar refractivity (Wildman–Crippen MR) is 156 cm³/mol. The van der Waals surface area contributed by atoms with E-state index >= 15 is 0 Å². The first-order chi connectivity index (χ1) is 19.6. The zero-order valence-electron chi connectivity index (χ0n) is 22.8. The van der Waals surface area contributed by atoms with E-state index in [1.165, 1.54) is 12.1 Å². The first kappa shape index (κ1) is 28.7. The van der Waals surface area contributed by atoms with Crippen LogP contribution in [0.1, 0.15) is 48.7 Å². The highest BCUT2D eigenvalue weighted by atomic mass is 19.1. The zero-order chi connectivity index (χ0) is 29.4. The van der Waals surface area contributed by atoms with Gasteiger partial charge >= 0.3 is 6.09 Å². The van der Waals surface area contributed by atoms with Crippen LogP contribution in [-0.4, -0.2) is 28.4 Å². The normalized spacial score (nSPS) is 10.6. The van der Waals surface area contributed by atoms with E-state index in [0.717, 1.165) is 5.56 Å². The molecule has 0 radical (unpaired) electrons. The van der Waals surface area contributed by atoms with Gasteiger partial charge in [-0.15, -0.1) is 0 Å². The maximum absolute atomic E-state index is 13.2. The van der Waals surface area contributed by atoms with Crippen molar-refractivity contribution in [2.45, 2.75) is 32.8 Å². The van der Waals surface area contributed by atoms with Crippen molar-refractivity contribution in [3.05, 3.63) is 114 Å². The van der Waals surface area contributed by atoms with Crippen LogP contribution in [0.3, 0.4) is 0 Å². The lowest BCUT2D eigenvalue weighted by Crippen LogP contribution is -2.27. The summed E-state index contributed by atoms with van der Waals surface area (Å²) in [6, 6.07) is 22.9. The number of pyridine rings is 1. The molecule has 0 saturated heterocycles. The minimum atomic E-state index is -0.732. The Morgan fingerprint density at radius 1 is 0.829 bits per heavy atom. The maximum Gasteiger partial charge on any atom is 0.412 e. The van der Waals surface area contributed by atoms with Crippen LogP contribution >= 0.6 is 0 Å². The van der Waals surface area contributed by atoms with E-state index in [1.807, 2.05) is 18.2 Å². The van der Waals surface area contributed by atoms with E-state index in [4.69, 9.17) is 4.74 Å². The Bertz CT molecular complexity index is 1630. The molecule has 7 nitrogen and oxygen atoms in total. The maximum atomic E-state index is 13.2. The Hall–Kier alpha value is -5.29. The van der Waals surface area contributed by atoms with Crippen LogP contribution in [0.15, 0.2) is 91.1 Å². The van der Waals surface area contributed by atoms with E-state index < -0.39 is 24.0 Å². The fraction of sp³-hybridized carbons (Fsp3) is 0.152. The lowest BCUT2D eigenvalue weighted by Gasteiger charge is -2.20. The Morgan fingerprint density at radius 3 is 2.27 bits per heavy atom. The van der Waals surface area contributed by atoms with Crippen LogP contribution in [0.2, 0.25) is 0 Å². The van der Waals surface area contributed by atoms with Gasteiger partial charge in [-0.3, -0.25) is 19.9 Å². The lowest BCUT2D eigenvalue weighted by molar-refractivity contribution is -0.115. The third-order valence-electron chi connectivity index (χ3n) is 5.59. The number of anilines is 2. The molecule has 4 aromatic rings. The molecule has 0 spiro atoms. The van der Waals surface area contributed by atoms with Gasteiger partial charge in [0.05, 0.1) is 23.5 Å². The molecule has 0 aliphatic rings. The molecule has 0 bridgehead atoms. The lowest BCUT2D eigenvalue weighted by atomic mass is 10.0. The van der Waals surface area contributed by atoms with Gasteiger partial charge in [-0.1, -0.05) is 36.1 Å². The number of ether oxygens (including phenoxy) is 1. The highest BCUT2D eigenvalue weighted by Gasteiger charge is 2.19. The van der Waals surface area contributed by atoms with Crippen LogP contribution in [0.4, 0.5) is 20.6 Å². The summed E-state index contributed by atoms with van der Waals surface area (Å²) in [6.07, 6.45) is 0.530. The number of nitrogens with one attached hydrogen (secondary N) is 2. The molecule has 2 N–H and O–H groups in total. The molecule has 4 rings (SSSR count). The summed E-state index contributed by atoms with van der Waals surface area (Å²) in [4.78, 5) is 42.7. The molecule has 206 valence electrons. The highest BCUT2D eigenvalue weighted by molar-refractivity contribution is 6.12. The third-order valence-corrected chi connectivity index (χ3v) is 5.59. The first-order valence-electron chi connectivity index (χ1n) is 12.8. The van der Waals surface area contributed by atoms with Crippen molar-refractivity contribution < 1.29 is 23.5 Å². The number of hydrogen-bond acceptors (Lipinski definition) is 5. The van der Waals surface area contributed by atoms with Gasteiger partial charge in [-0.25, -0.2) is 9.18 Å². The smallest absolute Gasteiger partial charge is 0.412 e. The summed E-state index contributed by atoms with van der Waals surface area (Å²) in [5.41, 5.74) is 2.74. The third kappa shape index (κ3) is 8.60. The van der Waals surface area contributed by atoms with Gasteiger partial charge in [0, 0.05) is 28.5 Å². The van der Waals surface area contributed by atoms with Gasteiger partial charge in [0.25, 0.3) is 0 Å². The van der Waals surface area contributed by atoms with Crippen molar-refractivity contribution in [2.24, 2.45) is 0 Å². The van der Waals surface area contributed by atoms with Gasteiger partial charge in [0.2, 0.25) is 5.91 Å². The Balaban J connectivity index is 1.54. The van der Waals surface area contributed by atoms with Crippen LogP contribution in [0.25, 0.3) is 11.3 Å². The van der Waals surface area contributed by atoms with E-state index in [9.17, 15) is 18.8 Å². The summed E-state index contributed by atoms with van der Waals surface area (Å²) in [7, 11) is 0. The molecule has 0 unspecified atom stereocenters. The second-order valence-electron chi connectivity index (χ2n) is 10.1. The van der Waals surface area contributed by atoms with Gasteiger partial charge in [-0.05, 0) is 81.4 Å². The van der Waals surface area contributed by atoms with Crippen LogP contribution in [0, 0.1) is 17.7 Å². The van der Waals surface area contributed by atoms with Crippen LogP contribution in [-0.2, 0) is 9.53 Å². The summed E-state index contributed by atoms with van der Waals surface area (Å²) in [5, 5.41) is 5.34. The van der Waals surface area contributed by atoms with Crippen molar-refractivity contribution >= 4 is 29.2 Å². The monoisotopic (exact) mass is 549 g/mol. The van der Waals surface area contributed by atoms with E-state index in [-0.39, 0.29) is 23.0 Å². The molecule has 3 aromatic carbocycles. The number of benzene rings is 3. The highest BCUT2D eigenvalue weighted by Crippen LogP contribution is 2.25. The molecule has 1 heterocycles. The number of hydrogen-bond donors (Lipinski definition) is 2. The summed E-state index contributed by atoms with van der Waals surface area (Å²) < 4.78 is 18.5. The summed E-state index contributed by atoms with van der Waals surface area (Å²) >= 11 is 0. The fourth-order valence-corrected chi connectivity index (χ4v) is 3.75. The van der Waals surface area contributed by atoms with Crippen molar-refractivity contribution in [1.29, 1.82) is 0 Å². The number of carbonyl (C=O) groups excluding carboxylic acids is 3. The largest absolute Gasteiger partial charge is 0.444 e. The van der Waals surface area contributed by atoms with E-state index in [2.05, 4.69) is 27.5 Å². The van der Waals surface area contributed by atoms with Gasteiger partial charge in [0.15, 0.2) is 5.78 Å². The molecule has 2 amide bonds.